The molecule has 1 amide bonds. The largest absolute Gasteiger partial charge is 0.348 e. The van der Waals surface area contributed by atoms with E-state index in [2.05, 4.69) is 21.2 Å². The summed E-state index contributed by atoms with van der Waals surface area (Å²) < 4.78 is 14.4. The van der Waals surface area contributed by atoms with E-state index in [1.807, 2.05) is 0 Å². The third kappa shape index (κ3) is 2.25. The van der Waals surface area contributed by atoms with Crippen molar-refractivity contribution in [2.24, 2.45) is 5.73 Å². The molecule has 1 aromatic rings. The van der Waals surface area contributed by atoms with Crippen LogP contribution >= 0.6 is 15.9 Å². The Morgan fingerprint density at radius 1 is 1.50 bits per heavy atom. The van der Waals surface area contributed by atoms with Gasteiger partial charge in [-0.1, -0.05) is 22.0 Å². The van der Waals surface area contributed by atoms with Crippen LogP contribution in [0.15, 0.2) is 22.7 Å². The van der Waals surface area contributed by atoms with Crippen molar-refractivity contribution in [2.45, 2.75) is 24.9 Å². The Bertz CT molecular complexity index is 424. The molecule has 1 aliphatic heterocycles. The summed E-state index contributed by atoms with van der Waals surface area (Å²) in [6.07, 6.45) is 1.00. The number of piperidine rings is 1. The van der Waals surface area contributed by atoms with Gasteiger partial charge in [0.15, 0.2) is 0 Å². The lowest BCUT2D eigenvalue weighted by atomic mass is 9.92. The summed E-state index contributed by atoms with van der Waals surface area (Å²) in [5.74, 6) is -0.425. The van der Waals surface area contributed by atoms with Crippen LogP contribution in [-0.4, -0.2) is 11.9 Å². The highest BCUT2D eigenvalue weighted by Gasteiger charge is 2.28. The molecule has 2 unspecified atom stereocenters. The summed E-state index contributed by atoms with van der Waals surface area (Å²) in [5.41, 5.74) is 6.33. The number of rotatable bonds is 1. The fourth-order valence-electron chi connectivity index (χ4n) is 1.88. The minimum atomic E-state index is -0.422. The number of carbonyl (C=O) groups excluding carboxylic acids is 1. The summed E-state index contributed by atoms with van der Waals surface area (Å²) >= 11 is 3.19. The third-order valence-corrected chi connectivity index (χ3v) is 3.24. The van der Waals surface area contributed by atoms with Gasteiger partial charge >= 0.3 is 0 Å². The second kappa shape index (κ2) is 4.51. The molecule has 0 radical (unpaired) electrons. The summed E-state index contributed by atoms with van der Waals surface area (Å²) in [5, 5.41) is 2.72. The standard InChI is InChI=1S/C11H12BrFN2O/c12-6-1-2-7(8(13)5-6)11-9(14)3-4-10(16)15-11/h1-2,5,9,11H,3-4,14H2,(H,15,16). The molecule has 5 heteroatoms. The van der Waals surface area contributed by atoms with Crippen molar-refractivity contribution in [3.05, 3.63) is 34.1 Å². The van der Waals surface area contributed by atoms with E-state index in [1.165, 1.54) is 6.07 Å². The van der Waals surface area contributed by atoms with Gasteiger partial charge < -0.3 is 11.1 Å². The van der Waals surface area contributed by atoms with E-state index in [0.29, 0.717) is 22.9 Å². The van der Waals surface area contributed by atoms with Crippen molar-refractivity contribution in [3.8, 4) is 0 Å². The van der Waals surface area contributed by atoms with Crippen molar-refractivity contribution < 1.29 is 9.18 Å². The molecule has 0 saturated carbocycles. The lowest BCUT2D eigenvalue weighted by Gasteiger charge is -2.30. The number of benzene rings is 1. The Balaban J connectivity index is 2.31. The fourth-order valence-corrected chi connectivity index (χ4v) is 2.21. The second-order valence-electron chi connectivity index (χ2n) is 3.91. The lowest BCUT2D eigenvalue weighted by Crippen LogP contribution is -2.46. The van der Waals surface area contributed by atoms with Gasteiger partial charge in [-0.2, -0.15) is 0 Å². The molecule has 3 nitrogen and oxygen atoms in total. The van der Waals surface area contributed by atoms with E-state index < -0.39 is 6.04 Å². The maximum absolute atomic E-state index is 13.7. The van der Waals surface area contributed by atoms with Crippen LogP contribution in [0.2, 0.25) is 0 Å². The highest BCUT2D eigenvalue weighted by molar-refractivity contribution is 9.10. The van der Waals surface area contributed by atoms with E-state index in [1.54, 1.807) is 12.1 Å². The maximum atomic E-state index is 13.7. The molecule has 86 valence electrons. The predicted octanol–water partition coefficient (Wildman–Crippen LogP) is 1.87. The molecule has 0 bridgehead atoms. The van der Waals surface area contributed by atoms with Crippen molar-refractivity contribution in [2.75, 3.05) is 0 Å². The Labute approximate surface area is 101 Å². The van der Waals surface area contributed by atoms with Crippen molar-refractivity contribution in [3.63, 3.8) is 0 Å². The molecule has 1 aromatic carbocycles. The van der Waals surface area contributed by atoms with Crippen LogP contribution < -0.4 is 11.1 Å². The van der Waals surface area contributed by atoms with Crippen molar-refractivity contribution >= 4 is 21.8 Å². The highest BCUT2D eigenvalue weighted by Crippen LogP contribution is 2.26. The van der Waals surface area contributed by atoms with Crippen LogP contribution in [0.3, 0.4) is 0 Å². The Kier molecular flexibility index (Phi) is 3.25. The first kappa shape index (κ1) is 11.5. The number of hydrogen-bond donors (Lipinski definition) is 2. The molecule has 1 aliphatic rings. The van der Waals surface area contributed by atoms with Crippen LogP contribution in [0.25, 0.3) is 0 Å². The van der Waals surface area contributed by atoms with E-state index in [4.69, 9.17) is 5.73 Å². The summed E-state index contributed by atoms with van der Waals surface area (Å²) in [4.78, 5) is 11.3. The van der Waals surface area contributed by atoms with Gasteiger partial charge in [0.25, 0.3) is 0 Å². The quantitative estimate of drug-likeness (QED) is 0.828. The van der Waals surface area contributed by atoms with Crippen molar-refractivity contribution in [1.82, 2.24) is 5.32 Å². The van der Waals surface area contributed by atoms with Gasteiger partial charge in [0, 0.05) is 22.5 Å². The molecule has 2 atom stereocenters. The topological polar surface area (TPSA) is 55.1 Å². The van der Waals surface area contributed by atoms with Crippen LogP contribution in [-0.2, 0) is 4.79 Å². The number of amides is 1. The van der Waals surface area contributed by atoms with E-state index in [-0.39, 0.29) is 17.8 Å². The summed E-state index contributed by atoms with van der Waals surface area (Å²) in [7, 11) is 0. The number of halogens is 2. The van der Waals surface area contributed by atoms with E-state index in [0.717, 1.165) is 0 Å². The smallest absolute Gasteiger partial charge is 0.220 e. The van der Waals surface area contributed by atoms with Gasteiger partial charge in [0.05, 0.1) is 6.04 Å². The predicted molar refractivity (Wildman–Crippen MR) is 62.2 cm³/mol. The molecular weight excluding hydrogens is 275 g/mol. The van der Waals surface area contributed by atoms with Gasteiger partial charge in [0.1, 0.15) is 5.82 Å². The molecule has 16 heavy (non-hydrogen) atoms. The molecule has 1 heterocycles. The first-order valence-corrected chi connectivity index (χ1v) is 5.87. The molecule has 0 aliphatic carbocycles. The normalized spacial score (nSPS) is 25.3. The zero-order valence-electron chi connectivity index (χ0n) is 8.54. The molecule has 0 spiro atoms. The molecule has 2 rings (SSSR count). The first-order valence-electron chi connectivity index (χ1n) is 5.08. The van der Waals surface area contributed by atoms with Gasteiger partial charge in [-0.25, -0.2) is 4.39 Å². The molecule has 3 N–H and O–H groups in total. The third-order valence-electron chi connectivity index (χ3n) is 2.75. The summed E-state index contributed by atoms with van der Waals surface area (Å²) in [6.45, 7) is 0. The lowest BCUT2D eigenvalue weighted by molar-refractivity contribution is -0.123. The first-order chi connectivity index (χ1) is 7.58. The minimum Gasteiger partial charge on any atom is -0.348 e. The van der Waals surface area contributed by atoms with E-state index in [9.17, 15) is 9.18 Å². The molecule has 0 aromatic heterocycles. The van der Waals surface area contributed by atoms with Gasteiger partial charge in [-0.15, -0.1) is 0 Å². The SMILES string of the molecule is NC1CCC(=O)NC1c1ccc(Br)cc1F. The second-order valence-corrected chi connectivity index (χ2v) is 4.83. The van der Waals surface area contributed by atoms with Crippen molar-refractivity contribution in [1.29, 1.82) is 0 Å². The average molecular weight is 287 g/mol. The monoisotopic (exact) mass is 286 g/mol. The highest BCUT2D eigenvalue weighted by atomic mass is 79.9. The number of nitrogens with two attached hydrogens (primary N) is 1. The Hall–Kier alpha value is -0.940. The Morgan fingerprint density at radius 3 is 2.94 bits per heavy atom. The molecule has 1 fully saturated rings. The van der Waals surface area contributed by atoms with Gasteiger partial charge in [-0.3, -0.25) is 4.79 Å². The average Bonchev–Trinajstić information content (AvgIpc) is 2.22. The van der Waals surface area contributed by atoms with E-state index >= 15 is 0 Å². The zero-order valence-corrected chi connectivity index (χ0v) is 10.1. The van der Waals surface area contributed by atoms with Gasteiger partial charge in [-0.05, 0) is 18.6 Å². The minimum absolute atomic E-state index is 0.0750. The summed E-state index contributed by atoms with van der Waals surface area (Å²) in [6, 6.07) is 4.12. The number of nitrogens with one attached hydrogen (secondary N) is 1. The van der Waals surface area contributed by atoms with Crippen LogP contribution in [0.4, 0.5) is 4.39 Å². The Morgan fingerprint density at radius 2 is 2.25 bits per heavy atom. The van der Waals surface area contributed by atoms with Crippen LogP contribution in [0.5, 0.6) is 0 Å². The molecule has 1 saturated heterocycles. The van der Waals surface area contributed by atoms with Gasteiger partial charge in [0.2, 0.25) is 5.91 Å². The number of hydrogen-bond acceptors (Lipinski definition) is 2. The van der Waals surface area contributed by atoms with Crippen LogP contribution in [0.1, 0.15) is 24.4 Å². The zero-order chi connectivity index (χ0) is 11.7. The fraction of sp³-hybridized carbons (Fsp3) is 0.364. The van der Waals surface area contributed by atoms with Crippen LogP contribution in [0, 0.1) is 5.82 Å². The number of carbonyl (C=O) groups is 1. The maximum Gasteiger partial charge on any atom is 0.220 e. The molecular formula is C11H12BrFN2O.